The lowest BCUT2D eigenvalue weighted by Crippen LogP contribution is -2.30. The molecule has 0 aromatic carbocycles. The van der Waals surface area contributed by atoms with Gasteiger partial charge in [-0.15, -0.1) is 0 Å². The van der Waals surface area contributed by atoms with E-state index in [0.29, 0.717) is 19.3 Å². The van der Waals surface area contributed by atoms with E-state index in [9.17, 15) is 14.4 Å². The van der Waals surface area contributed by atoms with E-state index in [1.165, 1.54) is 103 Å². The van der Waals surface area contributed by atoms with Crippen LogP contribution in [0.25, 0.3) is 0 Å². The van der Waals surface area contributed by atoms with Gasteiger partial charge in [-0.1, -0.05) is 283 Å². The Morgan fingerprint density at radius 3 is 0.802 bits per heavy atom. The van der Waals surface area contributed by atoms with E-state index in [-0.39, 0.29) is 31.1 Å². The maximum Gasteiger partial charge on any atom is 0.306 e. The van der Waals surface area contributed by atoms with Crippen LogP contribution in [-0.4, -0.2) is 37.2 Å². The van der Waals surface area contributed by atoms with Crippen molar-refractivity contribution in [3.8, 4) is 0 Å². The monoisotopic (exact) mass is 1120 g/mol. The van der Waals surface area contributed by atoms with Crippen LogP contribution in [0.5, 0.6) is 0 Å². The number of carbonyl (C=O) groups is 3. The van der Waals surface area contributed by atoms with Crippen molar-refractivity contribution in [2.24, 2.45) is 0 Å². The smallest absolute Gasteiger partial charge is 0.306 e. The zero-order valence-corrected chi connectivity index (χ0v) is 52.8. The van der Waals surface area contributed by atoms with Crippen molar-refractivity contribution < 1.29 is 28.6 Å². The Morgan fingerprint density at radius 1 is 0.259 bits per heavy atom. The maximum absolute atomic E-state index is 12.9. The minimum absolute atomic E-state index is 0.0953. The second-order valence-electron chi connectivity index (χ2n) is 22.0. The molecule has 0 radical (unpaired) electrons. The molecule has 0 amide bonds. The van der Waals surface area contributed by atoms with Crippen LogP contribution >= 0.6 is 0 Å². The number of ether oxygens (including phenoxy) is 3. The summed E-state index contributed by atoms with van der Waals surface area (Å²) in [6.07, 6.45) is 96.0. The van der Waals surface area contributed by atoms with Gasteiger partial charge in [0.15, 0.2) is 6.10 Å². The average Bonchev–Trinajstić information content (AvgIpc) is 3.46. The standard InChI is InChI=1S/C75H124O6/c1-4-7-10-13-16-19-22-25-27-29-31-33-35-36-37-38-40-41-43-45-47-50-53-56-59-62-65-68-74(77)80-71-72(70-79-73(76)67-64-61-58-55-52-49-24-21-18-15-12-9-6-3)81-75(78)69-66-63-60-57-54-51-48-46-44-42-39-34-32-30-28-26-23-20-17-14-11-8-5-2/h7,10,12,15-16,19,21,23-27,30-33,36-37,40-41,45,47,72H,4-6,8-9,11,13-14,17-18,20,22,28-29,34-35,38-39,42-44,46,48-71H2,1-3H3/b10-7-,15-12-,19-16-,24-21-,26-23-,27-25-,32-30-,33-31-,37-36-,41-40-,47-45-. The molecule has 1 atom stereocenters. The molecule has 0 aliphatic carbocycles. The van der Waals surface area contributed by atoms with Gasteiger partial charge in [0.25, 0.3) is 0 Å². The minimum Gasteiger partial charge on any atom is -0.462 e. The molecule has 0 aliphatic rings. The Hall–Kier alpha value is -4.45. The summed E-state index contributed by atoms with van der Waals surface area (Å²) >= 11 is 0. The van der Waals surface area contributed by atoms with Gasteiger partial charge in [-0.25, -0.2) is 0 Å². The highest BCUT2D eigenvalue weighted by molar-refractivity contribution is 5.71. The molecule has 0 aliphatic heterocycles. The molecule has 460 valence electrons. The van der Waals surface area contributed by atoms with Crippen LogP contribution in [0.15, 0.2) is 134 Å². The molecule has 0 bridgehead atoms. The van der Waals surface area contributed by atoms with Gasteiger partial charge in [0.2, 0.25) is 0 Å². The lowest BCUT2D eigenvalue weighted by Gasteiger charge is -2.18. The van der Waals surface area contributed by atoms with Gasteiger partial charge in [0, 0.05) is 19.3 Å². The van der Waals surface area contributed by atoms with Crippen molar-refractivity contribution in [3.05, 3.63) is 134 Å². The van der Waals surface area contributed by atoms with Crippen LogP contribution in [0.3, 0.4) is 0 Å². The Labute approximate surface area is 500 Å². The van der Waals surface area contributed by atoms with E-state index >= 15 is 0 Å². The van der Waals surface area contributed by atoms with Crippen LogP contribution in [0.2, 0.25) is 0 Å². The first-order valence-corrected chi connectivity index (χ1v) is 33.7. The molecule has 0 saturated heterocycles. The zero-order valence-electron chi connectivity index (χ0n) is 52.8. The number of carbonyl (C=O) groups excluding carboxylic acids is 3. The summed E-state index contributed by atoms with van der Waals surface area (Å²) in [6, 6.07) is 0. The Kier molecular flexibility index (Phi) is 64.3. The average molecular weight is 1120 g/mol. The summed E-state index contributed by atoms with van der Waals surface area (Å²) in [4.78, 5) is 38.4. The molecule has 0 spiro atoms. The highest BCUT2D eigenvalue weighted by Gasteiger charge is 2.19. The van der Waals surface area contributed by atoms with E-state index in [4.69, 9.17) is 14.2 Å². The van der Waals surface area contributed by atoms with Gasteiger partial charge in [-0.05, 0) is 135 Å². The van der Waals surface area contributed by atoms with Gasteiger partial charge in [-0.3, -0.25) is 14.4 Å². The number of unbranched alkanes of at least 4 members (excludes halogenated alkanes) is 27. The maximum atomic E-state index is 12.9. The number of allylic oxidation sites excluding steroid dienone is 22. The highest BCUT2D eigenvalue weighted by atomic mass is 16.6. The molecule has 0 heterocycles. The minimum atomic E-state index is -0.800. The van der Waals surface area contributed by atoms with Gasteiger partial charge in [0.1, 0.15) is 13.2 Å². The van der Waals surface area contributed by atoms with Crippen molar-refractivity contribution >= 4 is 17.9 Å². The fraction of sp³-hybridized carbons (Fsp3) is 0.667. The molecule has 0 aromatic heterocycles. The number of rotatable bonds is 60. The fourth-order valence-electron chi connectivity index (χ4n) is 9.08. The molecule has 0 rings (SSSR count). The predicted molar refractivity (Wildman–Crippen MR) is 353 cm³/mol. The van der Waals surface area contributed by atoms with Crippen LogP contribution in [0.4, 0.5) is 0 Å². The molecule has 0 N–H and O–H groups in total. The van der Waals surface area contributed by atoms with Crippen molar-refractivity contribution in [2.75, 3.05) is 13.2 Å². The molecule has 81 heavy (non-hydrogen) atoms. The van der Waals surface area contributed by atoms with E-state index in [0.717, 1.165) is 161 Å². The van der Waals surface area contributed by atoms with Gasteiger partial charge >= 0.3 is 17.9 Å². The van der Waals surface area contributed by atoms with Crippen LogP contribution < -0.4 is 0 Å². The summed E-state index contributed by atoms with van der Waals surface area (Å²) in [5.74, 6) is -0.925. The molecule has 0 fully saturated rings. The largest absolute Gasteiger partial charge is 0.462 e. The van der Waals surface area contributed by atoms with Crippen molar-refractivity contribution in [1.29, 1.82) is 0 Å². The Balaban J connectivity index is 4.39. The van der Waals surface area contributed by atoms with E-state index < -0.39 is 6.10 Å². The number of esters is 3. The van der Waals surface area contributed by atoms with Gasteiger partial charge in [0.05, 0.1) is 0 Å². The Morgan fingerprint density at radius 2 is 0.506 bits per heavy atom. The van der Waals surface area contributed by atoms with Crippen LogP contribution in [-0.2, 0) is 28.6 Å². The fourth-order valence-corrected chi connectivity index (χ4v) is 9.08. The summed E-state index contributed by atoms with van der Waals surface area (Å²) in [5, 5.41) is 0. The van der Waals surface area contributed by atoms with Crippen molar-refractivity contribution in [1.82, 2.24) is 0 Å². The zero-order chi connectivity index (χ0) is 58.5. The van der Waals surface area contributed by atoms with Crippen LogP contribution in [0.1, 0.15) is 303 Å². The Bertz CT molecular complexity index is 1720. The third-order valence-electron chi connectivity index (χ3n) is 14.1. The summed E-state index contributed by atoms with van der Waals surface area (Å²) in [7, 11) is 0. The molecular weight excluding hydrogens is 997 g/mol. The molecule has 6 heteroatoms. The van der Waals surface area contributed by atoms with Crippen molar-refractivity contribution in [3.63, 3.8) is 0 Å². The highest BCUT2D eigenvalue weighted by Crippen LogP contribution is 2.16. The SMILES string of the molecule is CC/C=C\C/C=C\C/C=C\C/C=C\C/C=C\C/C=C\C/C=C\CCCCCCCC(=O)OCC(COC(=O)CCCCCCC/C=C\C/C=C\CCC)OC(=O)CCCCCCCCCCCCC/C=C\C/C=C\CCCCCCC. The molecule has 6 nitrogen and oxygen atoms in total. The molecule has 0 saturated carbocycles. The number of hydrogen-bond acceptors (Lipinski definition) is 6. The molecule has 0 aromatic rings. The normalized spacial score (nSPS) is 13.0. The summed E-state index contributed by atoms with van der Waals surface area (Å²) in [6.45, 7) is 6.44. The second-order valence-corrected chi connectivity index (χ2v) is 22.0. The topological polar surface area (TPSA) is 78.9 Å². The lowest BCUT2D eigenvalue weighted by molar-refractivity contribution is -0.167. The second kappa shape index (κ2) is 68.1. The summed E-state index contributed by atoms with van der Waals surface area (Å²) in [5.41, 5.74) is 0. The van der Waals surface area contributed by atoms with Gasteiger partial charge in [-0.2, -0.15) is 0 Å². The third kappa shape index (κ3) is 66.2. The molecular formula is C75H124O6. The van der Waals surface area contributed by atoms with E-state index in [1.807, 2.05) is 0 Å². The van der Waals surface area contributed by atoms with Crippen LogP contribution in [0, 0.1) is 0 Å². The van der Waals surface area contributed by atoms with Crippen molar-refractivity contribution in [2.45, 2.75) is 309 Å². The predicted octanol–water partition coefficient (Wildman–Crippen LogP) is 23.3. The van der Waals surface area contributed by atoms with Gasteiger partial charge < -0.3 is 14.2 Å². The first-order chi connectivity index (χ1) is 40.0. The lowest BCUT2D eigenvalue weighted by atomic mass is 10.0. The first-order valence-electron chi connectivity index (χ1n) is 33.7. The molecule has 1 unspecified atom stereocenters. The quantitative estimate of drug-likeness (QED) is 0.0261. The van der Waals surface area contributed by atoms with E-state index in [1.54, 1.807) is 0 Å². The van der Waals surface area contributed by atoms with E-state index in [2.05, 4.69) is 154 Å². The number of hydrogen-bond donors (Lipinski definition) is 0. The third-order valence-corrected chi connectivity index (χ3v) is 14.1. The summed E-state index contributed by atoms with van der Waals surface area (Å²) < 4.78 is 16.9. The first kappa shape index (κ1) is 76.5.